The van der Waals surface area contributed by atoms with Gasteiger partial charge in [-0.05, 0) is 93.3 Å². The summed E-state index contributed by atoms with van der Waals surface area (Å²) in [6, 6.07) is 16.4. The summed E-state index contributed by atoms with van der Waals surface area (Å²) in [5.41, 5.74) is 4.79. The van der Waals surface area contributed by atoms with Crippen LogP contribution < -0.4 is 4.90 Å². The summed E-state index contributed by atoms with van der Waals surface area (Å²) < 4.78 is 0. The Morgan fingerprint density at radius 1 is 1.13 bits per heavy atom. The Balaban J connectivity index is 1.67. The minimum absolute atomic E-state index is 0.0317. The summed E-state index contributed by atoms with van der Waals surface area (Å²) in [5, 5.41) is 0.746. The zero-order chi connectivity index (χ0) is 22.2. The molecule has 2 aliphatic heterocycles. The fourth-order valence-corrected chi connectivity index (χ4v) is 5.89. The van der Waals surface area contributed by atoms with Crippen LogP contribution in [0.5, 0.6) is 0 Å². The van der Waals surface area contributed by atoms with Crippen molar-refractivity contribution >= 4 is 40.3 Å². The average molecular weight is 434 g/mol. The van der Waals surface area contributed by atoms with Gasteiger partial charge in [0.15, 0.2) is 5.17 Å². The lowest BCUT2D eigenvalue weighted by atomic mass is 9.79. The molecule has 4 nitrogen and oxygen atoms in total. The van der Waals surface area contributed by atoms with Gasteiger partial charge in [0.1, 0.15) is 0 Å². The third-order valence-electron chi connectivity index (χ3n) is 6.21. The van der Waals surface area contributed by atoms with Gasteiger partial charge in [0, 0.05) is 24.3 Å². The van der Waals surface area contributed by atoms with Crippen LogP contribution in [0.15, 0.2) is 58.4 Å². The molecule has 5 heteroatoms. The number of likely N-dealkylation sites (N-methyl/N-ethyl adjacent to an activating group) is 1. The van der Waals surface area contributed by atoms with E-state index in [4.69, 9.17) is 4.99 Å². The highest BCUT2D eigenvalue weighted by Crippen LogP contribution is 2.44. The van der Waals surface area contributed by atoms with Crippen LogP contribution in [-0.2, 0) is 4.79 Å². The molecule has 0 radical (unpaired) electrons. The fraction of sp³-hybridized carbons (Fsp3) is 0.385. The fourth-order valence-electron chi connectivity index (χ4n) is 4.83. The van der Waals surface area contributed by atoms with Gasteiger partial charge in [-0.15, -0.1) is 0 Å². The van der Waals surface area contributed by atoms with E-state index < -0.39 is 0 Å². The Labute approximate surface area is 190 Å². The van der Waals surface area contributed by atoms with Crippen molar-refractivity contribution in [3.63, 3.8) is 0 Å². The molecule has 1 atom stereocenters. The van der Waals surface area contributed by atoms with E-state index in [2.05, 4.69) is 50.8 Å². The topological polar surface area (TPSA) is 35.9 Å². The number of carbonyl (C=O) groups excluding carboxylic acids is 1. The molecule has 31 heavy (non-hydrogen) atoms. The van der Waals surface area contributed by atoms with Crippen LogP contribution >= 0.6 is 11.8 Å². The van der Waals surface area contributed by atoms with E-state index in [1.165, 1.54) is 23.0 Å². The molecule has 0 unspecified atom stereocenters. The lowest BCUT2D eigenvalue weighted by molar-refractivity contribution is -0.122. The lowest BCUT2D eigenvalue weighted by Crippen LogP contribution is -2.48. The predicted molar refractivity (Wildman–Crippen MR) is 133 cm³/mol. The Bertz CT molecular complexity index is 1040. The monoisotopic (exact) mass is 433 g/mol. The number of nitrogens with zero attached hydrogens (tertiary/aromatic N) is 3. The number of anilines is 1. The molecule has 0 aromatic heterocycles. The first kappa shape index (κ1) is 21.7. The summed E-state index contributed by atoms with van der Waals surface area (Å²) >= 11 is 1.46. The van der Waals surface area contributed by atoms with Crippen molar-refractivity contribution in [2.24, 2.45) is 4.99 Å². The summed E-state index contributed by atoms with van der Waals surface area (Å²) in [5.74, 6) is 0.518. The average Bonchev–Trinajstić information content (AvgIpc) is 3.02. The predicted octanol–water partition coefficient (Wildman–Crippen LogP) is 6.42. The number of carbonyl (C=O) groups is 1. The van der Waals surface area contributed by atoms with E-state index in [0.717, 1.165) is 34.3 Å². The van der Waals surface area contributed by atoms with Gasteiger partial charge in [0.2, 0.25) is 0 Å². The highest BCUT2D eigenvalue weighted by atomic mass is 32.2. The van der Waals surface area contributed by atoms with Crippen molar-refractivity contribution in [2.75, 3.05) is 18.0 Å². The Kier molecular flexibility index (Phi) is 5.98. The normalized spacial score (nSPS) is 23.0. The van der Waals surface area contributed by atoms with Crippen LogP contribution in [0, 0.1) is 0 Å². The number of benzene rings is 2. The molecule has 2 aliphatic rings. The lowest BCUT2D eigenvalue weighted by Gasteiger charge is -2.47. The SMILES string of the molecule is CCN1C(=O)/C(=C/c2ccc3c(c2)[C@@H](C)CC(C)(C)N3CC)SC1=Nc1ccccc1. The first-order valence-corrected chi connectivity index (χ1v) is 11.9. The number of hydrogen-bond acceptors (Lipinski definition) is 4. The molecular weight excluding hydrogens is 402 g/mol. The molecule has 4 rings (SSSR count). The second-order valence-corrected chi connectivity index (χ2v) is 9.88. The molecule has 2 aromatic carbocycles. The molecule has 2 heterocycles. The van der Waals surface area contributed by atoms with Crippen LogP contribution in [0.4, 0.5) is 11.4 Å². The number of fused-ring (bicyclic) bond motifs is 1. The van der Waals surface area contributed by atoms with Gasteiger partial charge in [-0.1, -0.05) is 31.2 Å². The van der Waals surface area contributed by atoms with E-state index in [9.17, 15) is 4.79 Å². The van der Waals surface area contributed by atoms with Gasteiger partial charge in [-0.2, -0.15) is 0 Å². The number of thioether (sulfide) groups is 1. The van der Waals surface area contributed by atoms with Crippen molar-refractivity contribution in [3.05, 3.63) is 64.6 Å². The molecule has 0 aliphatic carbocycles. The van der Waals surface area contributed by atoms with Gasteiger partial charge in [-0.3, -0.25) is 9.69 Å². The largest absolute Gasteiger partial charge is 0.366 e. The standard InChI is InChI=1S/C26H31N3OS/c1-6-28-24(30)23(31-25(28)27-20-11-9-8-10-12-20)16-19-13-14-22-21(15-19)18(3)17-26(4,5)29(22)7-2/h8-16,18H,6-7,17H2,1-5H3/b23-16-,27-25?/t18-/m0/s1. The van der Waals surface area contributed by atoms with Gasteiger partial charge < -0.3 is 4.90 Å². The zero-order valence-electron chi connectivity index (χ0n) is 19.1. The minimum Gasteiger partial charge on any atom is -0.366 e. The Hall–Kier alpha value is -2.53. The highest BCUT2D eigenvalue weighted by molar-refractivity contribution is 8.18. The summed E-state index contributed by atoms with van der Waals surface area (Å²) in [4.78, 5) is 22.7. The number of rotatable bonds is 4. The molecule has 1 fully saturated rings. The van der Waals surface area contributed by atoms with Crippen LogP contribution in [-0.4, -0.2) is 34.6 Å². The van der Waals surface area contributed by atoms with Crippen molar-refractivity contribution < 1.29 is 4.79 Å². The molecule has 0 N–H and O–H groups in total. The maximum absolute atomic E-state index is 13.0. The third-order valence-corrected chi connectivity index (χ3v) is 7.22. The number of amides is 1. The van der Waals surface area contributed by atoms with E-state index in [1.54, 1.807) is 4.90 Å². The molecule has 1 amide bonds. The molecule has 2 aromatic rings. The smallest absolute Gasteiger partial charge is 0.266 e. The maximum Gasteiger partial charge on any atom is 0.266 e. The summed E-state index contributed by atoms with van der Waals surface area (Å²) in [7, 11) is 0. The van der Waals surface area contributed by atoms with Crippen LogP contribution in [0.1, 0.15) is 58.1 Å². The Morgan fingerprint density at radius 3 is 2.55 bits per heavy atom. The zero-order valence-corrected chi connectivity index (χ0v) is 19.9. The quantitative estimate of drug-likeness (QED) is 0.522. The maximum atomic E-state index is 13.0. The second kappa shape index (κ2) is 8.54. The molecule has 1 saturated heterocycles. The van der Waals surface area contributed by atoms with Gasteiger partial charge in [-0.25, -0.2) is 4.99 Å². The molecule has 162 valence electrons. The number of aliphatic imine (C=N–C) groups is 1. The number of para-hydroxylation sites is 1. The highest BCUT2D eigenvalue weighted by Gasteiger charge is 2.36. The van der Waals surface area contributed by atoms with Crippen LogP contribution in [0.3, 0.4) is 0 Å². The van der Waals surface area contributed by atoms with Crippen molar-refractivity contribution in [1.29, 1.82) is 0 Å². The number of hydrogen-bond donors (Lipinski definition) is 0. The molecule has 0 spiro atoms. The van der Waals surface area contributed by atoms with Crippen molar-refractivity contribution in [2.45, 2.75) is 52.5 Å². The van der Waals surface area contributed by atoms with Crippen LogP contribution in [0.2, 0.25) is 0 Å². The van der Waals surface area contributed by atoms with E-state index >= 15 is 0 Å². The van der Waals surface area contributed by atoms with E-state index in [-0.39, 0.29) is 11.4 Å². The van der Waals surface area contributed by atoms with Crippen LogP contribution in [0.25, 0.3) is 6.08 Å². The summed E-state index contributed by atoms with van der Waals surface area (Å²) in [6.45, 7) is 12.8. The van der Waals surface area contributed by atoms with E-state index in [0.29, 0.717) is 12.5 Å². The van der Waals surface area contributed by atoms with Gasteiger partial charge >= 0.3 is 0 Å². The van der Waals surface area contributed by atoms with E-state index in [1.807, 2.05) is 43.3 Å². The third kappa shape index (κ3) is 4.16. The van der Waals surface area contributed by atoms with Gasteiger partial charge in [0.25, 0.3) is 5.91 Å². The molecular formula is C26H31N3OS. The summed E-state index contributed by atoms with van der Waals surface area (Å²) in [6.07, 6.45) is 3.14. The van der Waals surface area contributed by atoms with Crippen molar-refractivity contribution in [1.82, 2.24) is 4.90 Å². The molecule has 0 bridgehead atoms. The first-order valence-electron chi connectivity index (χ1n) is 11.1. The Morgan fingerprint density at radius 2 is 1.87 bits per heavy atom. The first-order chi connectivity index (χ1) is 14.8. The second-order valence-electron chi connectivity index (χ2n) is 8.87. The van der Waals surface area contributed by atoms with Gasteiger partial charge in [0.05, 0.1) is 10.6 Å². The van der Waals surface area contributed by atoms with Crippen molar-refractivity contribution in [3.8, 4) is 0 Å². The molecule has 0 saturated carbocycles. The minimum atomic E-state index is 0.0317. The number of amidine groups is 1.